The van der Waals surface area contributed by atoms with Crippen molar-refractivity contribution in [3.05, 3.63) is 54.0 Å². The lowest BCUT2D eigenvalue weighted by Gasteiger charge is -2.32. The molecule has 7 heteroatoms. The summed E-state index contributed by atoms with van der Waals surface area (Å²) in [7, 11) is 0. The third-order valence-corrected chi connectivity index (χ3v) is 4.27. The van der Waals surface area contributed by atoms with Crippen LogP contribution in [-0.4, -0.2) is 29.9 Å². The number of rotatable bonds is 4. The molecule has 3 rings (SSSR count). The molecule has 0 radical (unpaired) electrons. The minimum Gasteiger partial charge on any atom is -0.366 e. The van der Waals surface area contributed by atoms with Crippen molar-refractivity contribution < 1.29 is 14.0 Å². The maximum absolute atomic E-state index is 13.8. The molecule has 0 spiro atoms. The number of nitrogens with one attached hydrogen (secondary N) is 1. The van der Waals surface area contributed by atoms with Crippen molar-refractivity contribution in [2.24, 2.45) is 11.7 Å². The Balaban J connectivity index is 1.67. The van der Waals surface area contributed by atoms with Gasteiger partial charge in [-0.2, -0.15) is 0 Å². The van der Waals surface area contributed by atoms with Crippen LogP contribution in [0.1, 0.15) is 23.2 Å². The molecule has 1 aliphatic rings. The van der Waals surface area contributed by atoms with Crippen molar-refractivity contribution in [2.45, 2.75) is 12.8 Å². The lowest BCUT2D eigenvalue weighted by atomic mass is 9.97. The summed E-state index contributed by atoms with van der Waals surface area (Å²) in [5.41, 5.74) is 5.19. The van der Waals surface area contributed by atoms with Crippen molar-refractivity contribution in [2.75, 3.05) is 23.3 Å². The summed E-state index contributed by atoms with van der Waals surface area (Å²) >= 11 is 0. The monoisotopic (exact) mass is 342 g/mol. The van der Waals surface area contributed by atoms with Gasteiger partial charge in [-0.15, -0.1) is 0 Å². The highest BCUT2D eigenvalue weighted by Crippen LogP contribution is 2.23. The summed E-state index contributed by atoms with van der Waals surface area (Å²) in [5, 5.41) is 2.71. The molecule has 0 unspecified atom stereocenters. The SMILES string of the molecule is NC(=O)c1ccc(NC(=O)[C@@H]2CCCN(c3ccccn3)C2)cc1F. The normalized spacial score (nSPS) is 17.2. The first-order valence-corrected chi connectivity index (χ1v) is 8.11. The number of hydrogen-bond acceptors (Lipinski definition) is 4. The molecule has 1 aliphatic heterocycles. The molecule has 1 atom stereocenters. The molecule has 3 N–H and O–H groups in total. The minimum absolute atomic E-state index is 0.174. The Labute approximate surface area is 144 Å². The third kappa shape index (κ3) is 3.93. The minimum atomic E-state index is -0.839. The lowest BCUT2D eigenvalue weighted by Crippen LogP contribution is -2.41. The molecule has 0 aliphatic carbocycles. The number of benzene rings is 1. The fourth-order valence-corrected chi connectivity index (χ4v) is 2.98. The average Bonchev–Trinajstić information content (AvgIpc) is 2.62. The zero-order chi connectivity index (χ0) is 17.8. The molecule has 1 saturated heterocycles. The van der Waals surface area contributed by atoms with Crippen LogP contribution in [0.3, 0.4) is 0 Å². The summed E-state index contributed by atoms with van der Waals surface area (Å²) in [5.74, 6) is -1.13. The van der Waals surface area contributed by atoms with Crippen molar-refractivity contribution in [3.63, 3.8) is 0 Å². The fraction of sp³-hybridized carbons (Fsp3) is 0.278. The van der Waals surface area contributed by atoms with Gasteiger partial charge in [-0.05, 0) is 43.2 Å². The van der Waals surface area contributed by atoms with Gasteiger partial charge in [0, 0.05) is 25.0 Å². The Kier molecular flexibility index (Phi) is 4.92. The van der Waals surface area contributed by atoms with Crippen LogP contribution in [0.15, 0.2) is 42.6 Å². The number of nitrogens with zero attached hydrogens (tertiary/aromatic N) is 2. The molecule has 1 aromatic carbocycles. The van der Waals surface area contributed by atoms with Gasteiger partial charge in [0.1, 0.15) is 11.6 Å². The maximum atomic E-state index is 13.8. The van der Waals surface area contributed by atoms with E-state index in [1.807, 2.05) is 18.2 Å². The molecular weight excluding hydrogens is 323 g/mol. The standard InChI is InChI=1S/C18H19FN4O2/c19-15-10-13(6-7-14(15)17(20)24)22-18(25)12-4-3-9-23(11-12)16-5-1-2-8-21-16/h1-2,5-8,10,12H,3-4,9,11H2,(H2,20,24)(H,22,25)/t12-/m1/s1. The number of nitrogens with two attached hydrogens (primary N) is 1. The molecular formula is C18H19FN4O2. The van der Waals surface area contributed by atoms with E-state index in [4.69, 9.17) is 5.73 Å². The quantitative estimate of drug-likeness (QED) is 0.891. The highest BCUT2D eigenvalue weighted by atomic mass is 19.1. The topological polar surface area (TPSA) is 88.3 Å². The van der Waals surface area contributed by atoms with E-state index in [9.17, 15) is 14.0 Å². The van der Waals surface area contributed by atoms with Gasteiger partial charge in [0.05, 0.1) is 11.5 Å². The zero-order valence-corrected chi connectivity index (χ0v) is 13.6. The van der Waals surface area contributed by atoms with Crippen LogP contribution in [0.5, 0.6) is 0 Å². The summed E-state index contributed by atoms with van der Waals surface area (Å²) in [4.78, 5) is 30.0. The molecule has 2 aromatic rings. The van der Waals surface area contributed by atoms with Gasteiger partial charge in [0.25, 0.3) is 5.91 Å². The smallest absolute Gasteiger partial charge is 0.251 e. The van der Waals surface area contributed by atoms with Gasteiger partial charge in [-0.1, -0.05) is 6.07 Å². The first kappa shape index (κ1) is 16.9. The van der Waals surface area contributed by atoms with Gasteiger partial charge in [0.15, 0.2) is 0 Å². The number of hydrogen-bond donors (Lipinski definition) is 2. The van der Waals surface area contributed by atoms with Crippen LogP contribution < -0.4 is 16.0 Å². The predicted octanol–water partition coefficient (Wildman–Crippen LogP) is 2.17. The second kappa shape index (κ2) is 7.29. The van der Waals surface area contributed by atoms with Crippen LogP contribution in [0.4, 0.5) is 15.9 Å². The lowest BCUT2D eigenvalue weighted by molar-refractivity contribution is -0.120. The van der Waals surface area contributed by atoms with Crippen LogP contribution in [-0.2, 0) is 4.79 Å². The first-order chi connectivity index (χ1) is 12.0. The molecule has 6 nitrogen and oxygen atoms in total. The molecule has 0 bridgehead atoms. The molecule has 130 valence electrons. The third-order valence-electron chi connectivity index (χ3n) is 4.27. The number of carbonyl (C=O) groups excluding carboxylic acids is 2. The van der Waals surface area contributed by atoms with Crippen molar-refractivity contribution >= 4 is 23.3 Å². The Morgan fingerprint density at radius 3 is 2.80 bits per heavy atom. The Hall–Kier alpha value is -2.96. The fourth-order valence-electron chi connectivity index (χ4n) is 2.98. The Bertz CT molecular complexity index is 782. The van der Waals surface area contributed by atoms with Crippen LogP contribution >= 0.6 is 0 Å². The number of piperidine rings is 1. The van der Waals surface area contributed by atoms with Crippen molar-refractivity contribution in [3.8, 4) is 0 Å². The number of anilines is 2. The van der Waals surface area contributed by atoms with Gasteiger partial charge in [0.2, 0.25) is 5.91 Å². The van der Waals surface area contributed by atoms with E-state index >= 15 is 0 Å². The van der Waals surface area contributed by atoms with Gasteiger partial charge in [-0.25, -0.2) is 9.37 Å². The van der Waals surface area contributed by atoms with E-state index in [0.29, 0.717) is 12.2 Å². The van der Waals surface area contributed by atoms with Gasteiger partial charge < -0.3 is 16.0 Å². The summed E-state index contributed by atoms with van der Waals surface area (Å²) in [6, 6.07) is 9.53. The van der Waals surface area contributed by atoms with Crippen LogP contribution in [0.25, 0.3) is 0 Å². The number of carbonyl (C=O) groups is 2. The predicted molar refractivity (Wildman–Crippen MR) is 92.7 cm³/mol. The largest absolute Gasteiger partial charge is 0.366 e. The van der Waals surface area contributed by atoms with Crippen molar-refractivity contribution in [1.82, 2.24) is 4.98 Å². The molecule has 0 saturated carbocycles. The molecule has 25 heavy (non-hydrogen) atoms. The first-order valence-electron chi connectivity index (χ1n) is 8.11. The van der Waals surface area contributed by atoms with Gasteiger partial charge >= 0.3 is 0 Å². The van der Waals surface area contributed by atoms with E-state index in [1.165, 1.54) is 12.1 Å². The summed E-state index contributed by atoms with van der Waals surface area (Å²) in [6.07, 6.45) is 3.36. The van der Waals surface area contributed by atoms with Crippen LogP contribution in [0.2, 0.25) is 0 Å². The highest BCUT2D eigenvalue weighted by molar-refractivity contribution is 5.95. The molecule has 2 amide bonds. The molecule has 1 fully saturated rings. The summed E-state index contributed by atoms with van der Waals surface area (Å²) in [6.45, 7) is 1.41. The van der Waals surface area contributed by atoms with Crippen molar-refractivity contribution in [1.29, 1.82) is 0 Å². The zero-order valence-electron chi connectivity index (χ0n) is 13.6. The summed E-state index contributed by atoms with van der Waals surface area (Å²) < 4.78 is 13.8. The second-order valence-electron chi connectivity index (χ2n) is 6.02. The number of amides is 2. The van der Waals surface area contributed by atoms with E-state index in [1.54, 1.807) is 6.20 Å². The maximum Gasteiger partial charge on any atom is 0.251 e. The van der Waals surface area contributed by atoms with Crippen LogP contribution in [0, 0.1) is 11.7 Å². The van der Waals surface area contributed by atoms with E-state index in [-0.39, 0.29) is 17.4 Å². The molecule has 1 aromatic heterocycles. The molecule has 2 heterocycles. The van der Waals surface area contributed by atoms with Gasteiger partial charge in [-0.3, -0.25) is 9.59 Å². The number of pyridine rings is 1. The Morgan fingerprint density at radius 2 is 2.12 bits per heavy atom. The number of aromatic nitrogens is 1. The second-order valence-corrected chi connectivity index (χ2v) is 6.02. The number of halogens is 1. The number of primary amides is 1. The van der Waals surface area contributed by atoms with E-state index in [0.717, 1.165) is 31.3 Å². The average molecular weight is 342 g/mol. The van der Waals surface area contributed by atoms with E-state index in [2.05, 4.69) is 15.2 Å². The Morgan fingerprint density at radius 1 is 1.28 bits per heavy atom. The van der Waals surface area contributed by atoms with E-state index < -0.39 is 11.7 Å². The highest BCUT2D eigenvalue weighted by Gasteiger charge is 2.26.